The number of halogens is 1. The topological polar surface area (TPSA) is 52.9 Å². The van der Waals surface area contributed by atoms with E-state index in [2.05, 4.69) is 27.6 Å². The van der Waals surface area contributed by atoms with Gasteiger partial charge in [0.05, 0.1) is 11.4 Å². The molecule has 122 valence electrons. The highest BCUT2D eigenvalue weighted by Gasteiger charge is 2.34. The number of nitrogens with zero attached hydrogens (tertiary/aromatic N) is 2. The van der Waals surface area contributed by atoms with E-state index in [1.807, 2.05) is 48.5 Å². The van der Waals surface area contributed by atoms with E-state index in [1.54, 1.807) is 29.2 Å². The zero-order valence-electron chi connectivity index (χ0n) is 13.1. The summed E-state index contributed by atoms with van der Waals surface area (Å²) in [5, 5.41) is 9.50. The Morgan fingerprint density at radius 3 is 2.28 bits per heavy atom. The Morgan fingerprint density at radius 2 is 1.56 bits per heavy atom. The number of aromatic hydroxyl groups is 1. The highest BCUT2D eigenvalue weighted by atomic mass is 127. The van der Waals surface area contributed by atoms with E-state index in [0.717, 1.165) is 20.5 Å². The summed E-state index contributed by atoms with van der Waals surface area (Å²) in [6.07, 6.45) is 0. The minimum atomic E-state index is -0.176. The first-order valence-electron chi connectivity index (χ1n) is 7.70. The van der Waals surface area contributed by atoms with Gasteiger partial charge in [-0.05, 0) is 77.2 Å². The molecule has 0 fully saturated rings. The molecule has 0 spiro atoms. The molecule has 1 amide bonds. The van der Waals surface area contributed by atoms with Gasteiger partial charge in [-0.1, -0.05) is 18.2 Å². The summed E-state index contributed by atoms with van der Waals surface area (Å²) < 4.78 is 1.12. The van der Waals surface area contributed by atoms with Gasteiger partial charge < -0.3 is 5.11 Å². The van der Waals surface area contributed by atoms with Crippen LogP contribution >= 0.6 is 22.6 Å². The standard InChI is InChI=1S/C20H13IN2O2/c21-13-5-7-14(8-6-13)22-19-17-3-1-2-4-18(17)23(20(19)25)15-9-11-16(24)12-10-15/h1-12,24H. The molecule has 0 saturated heterocycles. The monoisotopic (exact) mass is 440 g/mol. The molecular weight excluding hydrogens is 427 g/mol. The predicted molar refractivity (Wildman–Crippen MR) is 107 cm³/mol. The molecule has 1 aliphatic rings. The first-order valence-corrected chi connectivity index (χ1v) is 8.78. The van der Waals surface area contributed by atoms with Crippen LogP contribution in [0, 0.1) is 3.57 Å². The van der Waals surface area contributed by atoms with Gasteiger partial charge >= 0.3 is 0 Å². The number of hydrogen-bond donors (Lipinski definition) is 1. The third kappa shape index (κ3) is 2.91. The molecular formula is C20H13IN2O2. The van der Waals surface area contributed by atoms with Crippen molar-refractivity contribution in [1.82, 2.24) is 0 Å². The van der Waals surface area contributed by atoms with Crippen molar-refractivity contribution in [3.8, 4) is 5.75 Å². The minimum Gasteiger partial charge on any atom is -0.508 e. The maximum atomic E-state index is 13.1. The van der Waals surface area contributed by atoms with Crippen LogP contribution in [0.4, 0.5) is 17.1 Å². The maximum absolute atomic E-state index is 13.1. The Labute approximate surface area is 158 Å². The molecule has 3 aromatic rings. The van der Waals surface area contributed by atoms with E-state index in [4.69, 9.17) is 0 Å². The number of hydrogen-bond acceptors (Lipinski definition) is 3. The van der Waals surface area contributed by atoms with Crippen molar-refractivity contribution in [3.63, 3.8) is 0 Å². The van der Waals surface area contributed by atoms with E-state index in [9.17, 15) is 9.90 Å². The summed E-state index contributed by atoms with van der Waals surface area (Å²) in [6, 6.07) is 21.9. The van der Waals surface area contributed by atoms with Crippen LogP contribution in [0.1, 0.15) is 5.56 Å². The lowest BCUT2D eigenvalue weighted by molar-refractivity contribution is -0.111. The van der Waals surface area contributed by atoms with Gasteiger partial charge in [0.2, 0.25) is 0 Å². The number of para-hydroxylation sites is 1. The number of aliphatic imine (C=N–C) groups is 1. The fourth-order valence-corrected chi connectivity index (χ4v) is 3.17. The summed E-state index contributed by atoms with van der Waals surface area (Å²) in [7, 11) is 0. The van der Waals surface area contributed by atoms with Crippen molar-refractivity contribution in [2.45, 2.75) is 0 Å². The number of amides is 1. The van der Waals surface area contributed by atoms with E-state index >= 15 is 0 Å². The average molecular weight is 440 g/mol. The van der Waals surface area contributed by atoms with Crippen LogP contribution in [0.5, 0.6) is 5.75 Å². The van der Waals surface area contributed by atoms with Crippen LogP contribution in [0.2, 0.25) is 0 Å². The second-order valence-electron chi connectivity index (χ2n) is 5.61. The molecule has 0 atom stereocenters. The van der Waals surface area contributed by atoms with Crippen LogP contribution in [-0.2, 0) is 4.79 Å². The number of fused-ring (bicyclic) bond motifs is 1. The number of anilines is 2. The summed E-state index contributed by atoms with van der Waals surface area (Å²) in [6.45, 7) is 0. The predicted octanol–water partition coefficient (Wildman–Crippen LogP) is 4.80. The zero-order valence-corrected chi connectivity index (χ0v) is 15.2. The molecule has 5 heteroatoms. The minimum absolute atomic E-state index is 0.163. The van der Waals surface area contributed by atoms with Crippen LogP contribution < -0.4 is 4.90 Å². The van der Waals surface area contributed by atoms with Gasteiger partial charge in [-0.3, -0.25) is 9.69 Å². The molecule has 25 heavy (non-hydrogen) atoms. The van der Waals surface area contributed by atoms with Crippen LogP contribution in [-0.4, -0.2) is 16.7 Å². The number of benzene rings is 3. The molecule has 0 aliphatic carbocycles. The molecule has 0 unspecified atom stereocenters. The summed E-state index contributed by atoms with van der Waals surface area (Å²) >= 11 is 2.23. The van der Waals surface area contributed by atoms with Gasteiger partial charge in [0, 0.05) is 14.8 Å². The van der Waals surface area contributed by atoms with Gasteiger partial charge in [-0.25, -0.2) is 4.99 Å². The number of carbonyl (C=O) groups excluding carboxylic acids is 1. The van der Waals surface area contributed by atoms with Crippen LogP contribution in [0.15, 0.2) is 77.8 Å². The molecule has 0 aromatic heterocycles. The molecule has 0 saturated carbocycles. The first kappa shape index (κ1) is 15.8. The lowest BCUT2D eigenvalue weighted by Gasteiger charge is -2.16. The van der Waals surface area contributed by atoms with E-state index in [-0.39, 0.29) is 11.7 Å². The summed E-state index contributed by atoms with van der Waals surface area (Å²) in [5.41, 5.74) is 3.46. The Balaban J connectivity index is 1.83. The van der Waals surface area contributed by atoms with Gasteiger partial charge in [0.15, 0.2) is 0 Å². The molecule has 0 radical (unpaired) electrons. The van der Waals surface area contributed by atoms with Crippen molar-refractivity contribution in [3.05, 3.63) is 81.9 Å². The van der Waals surface area contributed by atoms with Gasteiger partial charge in [-0.15, -0.1) is 0 Å². The second-order valence-corrected chi connectivity index (χ2v) is 6.86. The second kappa shape index (κ2) is 6.33. The highest BCUT2D eigenvalue weighted by molar-refractivity contribution is 14.1. The van der Waals surface area contributed by atoms with E-state index < -0.39 is 0 Å². The first-order chi connectivity index (χ1) is 12.1. The van der Waals surface area contributed by atoms with E-state index in [1.165, 1.54) is 0 Å². The molecule has 1 heterocycles. The average Bonchev–Trinajstić information content (AvgIpc) is 2.90. The number of rotatable bonds is 2. The smallest absolute Gasteiger partial charge is 0.282 e. The Hall–Kier alpha value is -2.67. The Bertz CT molecular complexity index is 979. The van der Waals surface area contributed by atoms with Crippen molar-refractivity contribution in [1.29, 1.82) is 0 Å². The fraction of sp³-hybridized carbons (Fsp3) is 0. The summed E-state index contributed by atoms with van der Waals surface area (Å²) in [5.74, 6) is -0.0121. The van der Waals surface area contributed by atoms with Crippen molar-refractivity contribution >= 4 is 51.3 Å². The normalized spacial score (nSPS) is 14.8. The van der Waals surface area contributed by atoms with E-state index in [0.29, 0.717) is 11.4 Å². The molecule has 3 aromatic carbocycles. The lowest BCUT2D eigenvalue weighted by atomic mass is 10.1. The van der Waals surface area contributed by atoms with Crippen molar-refractivity contribution in [2.24, 2.45) is 4.99 Å². The lowest BCUT2D eigenvalue weighted by Crippen LogP contribution is -2.25. The summed E-state index contributed by atoms with van der Waals surface area (Å²) in [4.78, 5) is 19.3. The maximum Gasteiger partial charge on any atom is 0.282 e. The molecule has 4 rings (SSSR count). The van der Waals surface area contributed by atoms with Gasteiger partial charge in [0.25, 0.3) is 5.91 Å². The van der Waals surface area contributed by atoms with Crippen LogP contribution in [0.3, 0.4) is 0 Å². The Morgan fingerprint density at radius 1 is 0.880 bits per heavy atom. The van der Waals surface area contributed by atoms with Crippen LogP contribution in [0.25, 0.3) is 0 Å². The molecule has 1 aliphatic heterocycles. The Kier molecular flexibility index (Phi) is 4.01. The third-order valence-electron chi connectivity index (χ3n) is 3.98. The van der Waals surface area contributed by atoms with Crippen molar-refractivity contribution in [2.75, 3.05) is 4.90 Å². The molecule has 4 nitrogen and oxygen atoms in total. The fourth-order valence-electron chi connectivity index (χ4n) is 2.81. The number of phenols is 1. The number of phenolic OH excluding ortho intramolecular Hbond substituents is 1. The zero-order chi connectivity index (χ0) is 17.4. The van der Waals surface area contributed by atoms with Gasteiger partial charge in [-0.2, -0.15) is 0 Å². The quantitative estimate of drug-likeness (QED) is 0.583. The largest absolute Gasteiger partial charge is 0.508 e. The van der Waals surface area contributed by atoms with Gasteiger partial charge in [0.1, 0.15) is 11.5 Å². The SMILES string of the molecule is O=C1C(=Nc2ccc(I)cc2)c2ccccc2N1c1ccc(O)cc1. The molecule has 0 bridgehead atoms. The number of carbonyl (C=O) groups is 1. The van der Waals surface area contributed by atoms with Crippen molar-refractivity contribution < 1.29 is 9.90 Å². The third-order valence-corrected chi connectivity index (χ3v) is 4.70. The highest BCUT2D eigenvalue weighted by Crippen LogP contribution is 2.37. The molecule has 1 N–H and O–H groups in total.